The van der Waals surface area contributed by atoms with Gasteiger partial charge in [-0.2, -0.15) is 0 Å². The zero-order chi connectivity index (χ0) is 9.68. The smallest absolute Gasteiger partial charge is 0.243 e. The molecule has 1 atom stereocenters. The molecule has 13 heavy (non-hydrogen) atoms. The summed E-state index contributed by atoms with van der Waals surface area (Å²) in [5.74, 6) is 0.718. The molecule has 0 bridgehead atoms. The van der Waals surface area contributed by atoms with Crippen LogP contribution in [0.25, 0.3) is 0 Å². The van der Waals surface area contributed by atoms with Gasteiger partial charge in [-0.1, -0.05) is 6.58 Å². The van der Waals surface area contributed by atoms with Gasteiger partial charge in [-0.15, -0.1) is 0 Å². The maximum atomic E-state index is 10.9. The molecule has 1 unspecified atom stereocenters. The van der Waals surface area contributed by atoms with Crippen LogP contribution in [0.3, 0.4) is 0 Å². The molecule has 70 valence electrons. The van der Waals surface area contributed by atoms with E-state index < -0.39 is 0 Å². The van der Waals surface area contributed by atoms with Gasteiger partial charge in [0.2, 0.25) is 5.91 Å². The Labute approximate surface area is 77.4 Å². The predicted molar refractivity (Wildman–Crippen MR) is 50.2 cm³/mol. The molecule has 0 spiro atoms. The van der Waals surface area contributed by atoms with E-state index >= 15 is 0 Å². The summed E-state index contributed by atoms with van der Waals surface area (Å²) in [5, 5.41) is 2.75. The van der Waals surface area contributed by atoms with E-state index in [4.69, 9.17) is 4.42 Å². The molecule has 1 aromatic heterocycles. The number of hydrogen-bond donors (Lipinski definition) is 1. The molecule has 1 aromatic rings. The number of furan rings is 1. The molecular formula is C10H13NO2. The third-order valence-corrected chi connectivity index (χ3v) is 1.66. The first kappa shape index (κ1) is 9.58. The van der Waals surface area contributed by atoms with E-state index in [9.17, 15) is 4.79 Å². The van der Waals surface area contributed by atoms with E-state index in [-0.39, 0.29) is 11.9 Å². The Morgan fingerprint density at radius 1 is 1.85 bits per heavy atom. The van der Waals surface area contributed by atoms with Gasteiger partial charge in [-0.3, -0.25) is 4.79 Å². The summed E-state index contributed by atoms with van der Waals surface area (Å²) in [5.41, 5.74) is 0. The largest absolute Gasteiger partial charge is 0.469 e. The van der Waals surface area contributed by atoms with Gasteiger partial charge in [0.05, 0.1) is 6.26 Å². The minimum Gasteiger partial charge on any atom is -0.469 e. The molecule has 0 aromatic carbocycles. The molecule has 0 saturated carbocycles. The molecular weight excluding hydrogens is 166 g/mol. The van der Waals surface area contributed by atoms with Crippen molar-refractivity contribution in [2.75, 3.05) is 0 Å². The monoisotopic (exact) mass is 179 g/mol. The first-order valence-electron chi connectivity index (χ1n) is 4.17. The highest BCUT2D eigenvalue weighted by atomic mass is 16.3. The lowest BCUT2D eigenvalue weighted by atomic mass is 10.2. The molecule has 1 amide bonds. The van der Waals surface area contributed by atoms with Crippen LogP contribution in [-0.2, 0) is 11.2 Å². The number of nitrogens with one attached hydrogen (secondary N) is 1. The van der Waals surface area contributed by atoms with Crippen molar-refractivity contribution >= 4 is 5.91 Å². The van der Waals surface area contributed by atoms with Crippen LogP contribution in [0.15, 0.2) is 35.5 Å². The average Bonchev–Trinajstić information content (AvgIpc) is 2.56. The summed E-state index contributed by atoms with van der Waals surface area (Å²) in [6.07, 6.45) is 3.59. The Balaban J connectivity index is 2.37. The Morgan fingerprint density at radius 2 is 2.62 bits per heavy atom. The normalized spacial score (nSPS) is 12.1. The van der Waals surface area contributed by atoms with Crippen LogP contribution < -0.4 is 5.32 Å². The lowest BCUT2D eigenvalue weighted by Gasteiger charge is -2.09. The predicted octanol–water partition coefficient (Wildman–Crippen LogP) is 1.51. The maximum Gasteiger partial charge on any atom is 0.243 e. The van der Waals surface area contributed by atoms with Crippen molar-refractivity contribution in [3.05, 3.63) is 36.8 Å². The molecule has 3 nitrogen and oxygen atoms in total. The molecule has 3 heteroatoms. The highest BCUT2D eigenvalue weighted by Crippen LogP contribution is 2.03. The Morgan fingerprint density at radius 3 is 3.15 bits per heavy atom. The molecule has 0 saturated heterocycles. The highest BCUT2D eigenvalue weighted by Gasteiger charge is 2.06. The minimum absolute atomic E-state index is 0.0663. The Hall–Kier alpha value is -1.51. The van der Waals surface area contributed by atoms with Gasteiger partial charge in [0.25, 0.3) is 0 Å². The van der Waals surface area contributed by atoms with Crippen molar-refractivity contribution in [2.24, 2.45) is 0 Å². The van der Waals surface area contributed by atoms with Gasteiger partial charge in [0, 0.05) is 12.5 Å². The lowest BCUT2D eigenvalue weighted by Crippen LogP contribution is -2.32. The van der Waals surface area contributed by atoms with Crippen LogP contribution in [0.2, 0.25) is 0 Å². The molecule has 0 aliphatic heterocycles. The quantitative estimate of drug-likeness (QED) is 0.712. The molecule has 0 aliphatic rings. The number of carbonyl (C=O) groups excluding carboxylic acids is 1. The lowest BCUT2D eigenvalue weighted by molar-refractivity contribution is -0.117. The maximum absolute atomic E-state index is 10.9. The zero-order valence-electron chi connectivity index (χ0n) is 7.62. The number of hydrogen-bond acceptors (Lipinski definition) is 2. The average molecular weight is 179 g/mol. The summed E-state index contributed by atoms with van der Waals surface area (Å²) < 4.78 is 5.14. The zero-order valence-corrected chi connectivity index (χ0v) is 7.62. The molecule has 0 radical (unpaired) electrons. The molecule has 0 fully saturated rings. The van der Waals surface area contributed by atoms with Crippen LogP contribution in [0.4, 0.5) is 0 Å². The van der Waals surface area contributed by atoms with E-state index in [0.29, 0.717) is 6.42 Å². The van der Waals surface area contributed by atoms with E-state index in [1.807, 2.05) is 19.1 Å². The van der Waals surface area contributed by atoms with Gasteiger partial charge in [-0.05, 0) is 25.1 Å². The van der Waals surface area contributed by atoms with Gasteiger partial charge >= 0.3 is 0 Å². The summed E-state index contributed by atoms with van der Waals surface area (Å²) in [6, 6.07) is 3.78. The van der Waals surface area contributed by atoms with Gasteiger partial charge in [0.15, 0.2) is 0 Å². The van der Waals surface area contributed by atoms with Crippen LogP contribution in [0.5, 0.6) is 0 Å². The van der Waals surface area contributed by atoms with E-state index in [1.165, 1.54) is 6.08 Å². The van der Waals surface area contributed by atoms with Crippen molar-refractivity contribution in [1.29, 1.82) is 0 Å². The van der Waals surface area contributed by atoms with Crippen molar-refractivity contribution in [1.82, 2.24) is 5.32 Å². The first-order chi connectivity index (χ1) is 6.22. The summed E-state index contributed by atoms with van der Waals surface area (Å²) >= 11 is 0. The topological polar surface area (TPSA) is 42.2 Å². The van der Waals surface area contributed by atoms with E-state index in [2.05, 4.69) is 11.9 Å². The van der Waals surface area contributed by atoms with Crippen LogP contribution in [0, 0.1) is 0 Å². The molecule has 1 N–H and O–H groups in total. The number of amides is 1. The Kier molecular flexibility index (Phi) is 3.31. The number of carbonyl (C=O) groups is 1. The fourth-order valence-corrected chi connectivity index (χ4v) is 1.08. The van der Waals surface area contributed by atoms with Gasteiger partial charge in [0.1, 0.15) is 5.76 Å². The van der Waals surface area contributed by atoms with Crippen molar-refractivity contribution in [2.45, 2.75) is 19.4 Å². The summed E-state index contributed by atoms with van der Waals surface area (Å²) in [7, 11) is 0. The third-order valence-electron chi connectivity index (χ3n) is 1.66. The van der Waals surface area contributed by atoms with Crippen LogP contribution in [-0.4, -0.2) is 11.9 Å². The van der Waals surface area contributed by atoms with E-state index in [0.717, 1.165) is 5.76 Å². The number of rotatable bonds is 4. The Bertz CT molecular complexity index is 277. The molecule has 1 rings (SSSR count). The minimum atomic E-state index is -0.154. The highest BCUT2D eigenvalue weighted by molar-refractivity contribution is 5.87. The molecule has 0 aliphatic carbocycles. The summed E-state index contributed by atoms with van der Waals surface area (Å²) in [4.78, 5) is 10.9. The third kappa shape index (κ3) is 3.15. The van der Waals surface area contributed by atoms with Gasteiger partial charge in [-0.25, -0.2) is 0 Å². The van der Waals surface area contributed by atoms with Crippen LogP contribution in [0.1, 0.15) is 12.7 Å². The fraction of sp³-hybridized carbons (Fsp3) is 0.300. The molecule has 1 heterocycles. The second-order valence-electron chi connectivity index (χ2n) is 2.90. The standard InChI is InChI=1S/C10H13NO2/c1-3-10(12)11-8(2)7-9-5-4-6-13-9/h3-6,8H,1,7H2,2H3,(H,11,12). The summed E-state index contributed by atoms with van der Waals surface area (Å²) in [6.45, 7) is 5.30. The van der Waals surface area contributed by atoms with Crippen molar-refractivity contribution < 1.29 is 9.21 Å². The van der Waals surface area contributed by atoms with Crippen molar-refractivity contribution in [3.63, 3.8) is 0 Å². The van der Waals surface area contributed by atoms with Crippen molar-refractivity contribution in [3.8, 4) is 0 Å². The van der Waals surface area contributed by atoms with Crippen LogP contribution >= 0.6 is 0 Å². The van der Waals surface area contributed by atoms with Gasteiger partial charge < -0.3 is 9.73 Å². The first-order valence-corrected chi connectivity index (χ1v) is 4.17. The SMILES string of the molecule is C=CC(=O)NC(C)Cc1ccco1. The fourth-order valence-electron chi connectivity index (χ4n) is 1.08. The second kappa shape index (κ2) is 4.50. The van der Waals surface area contributed by atoms with E-state index in [1.54, 1.807) is 6.26 Å². The second-order valence-corrected chi connectivity index (χ2v) is 2.90.